The van der Waals surface area contributed by atoms with Gasteiger partial charge >= 0.3 is 0 Å². The minimum atomic E-state index is -1.57. The highest BCUT2D eigenvalue weighted by Gasteiger charge is 2.44. The summed E-state index contributed by atoms with van der Waals surface area (Å²) in [5.41, 5.74) is 0. The molecule has 1 heterocycles. The lowest BCUT2D eigenvalue weighted by Gasteiger charge is -2.40. The summed E-state index contributed by atoms with van der Waals surface area (Å²) < 4.78 is 11.1. The fourth-order valence-corrected chi connectivity index (χ4v) is 7.65. The van der Waals surface area contributed by atoms with Crippen LogP contribution in [0.4, 0.5) is 0 Å². The topological polar surface area (TPSA) is 149 Å². The van der Waals surface area contributed by atoms with E-state index in [9.17, 15) is 30.3 Å². The predicted octanol–water partition coefficient (Wildman–Crippen LogP) is 10.3. The van der Waals surface area contributed by atoms with Crippen LogP contribution < -0.4 is 5.32 Å². The first-order chi connectivity index (χ1) is 27.8. The van der Waals surface area contributed by atoms with Crippen LogP contribution in [0.15, 0.2) is 24.3 Å². The number of carbonyl (C=O) groups excluding carboxylic acids is 1. The van der Waals surface area contributed by atoms with E-state index in [-0.39, 0.29) is 12.5 Å². The fraction of sp³-hybridized carbons (Fsp3) is 0.896. The number of hydrogen-bond acceptors (Lipinski definition) is 8. The Morgan fingerprint density at radius 2 is 1.00 bits per heavy atom. The first kappa shape index (κ1) is 53.7. The van der Waals surface area contributed by atoms with Crippen LogP contribution in [0, 0.1) is 0 Å². The summed E-state index contributed by atoms with van der Waals surface area (Å²) in [6.07, 6.45) is 40.0. The molecule has 1 aliphatic rings. The average Bonchev–Trinajstić information content (AvgIpc) is 3.21. The smallest absolute Gasteiger partial charge is 0.220 e. The third-order valence-electron chi connectivity index (χ3n) is 11.5. The number of amides is 1. The summed E-state index contributed by atoms with van der Waals surface area (Å²) in [6.45, 7) is 3.66. The molecule has 0 spiro atoms. The van der Waals surface area contributed by atoms with Gasteiger partial charge in [0.05, 0.1) is 25.4 Å². The van der Waals surface area contributed by atoms with E-state index in [0.717, 1.165) is 44.9 Å². The van der Waals surface area contributed by atoms with E-state index < -0.39 is 49.5 Å². The molecule has 0 aliphatic carbocycles. The van der Waals surface area contributed by atoms with Crippen molar-refractivity contribution in [3.63, 3.8) is 0 Å². The third kappa shape index (κ3) is 29.5. The number of hydrogen-bond donors (Lipinski definition) is 6. The molecule has 1 fully saturated rings. The molecule has 0 aromatic rings. The molecule has 0 radical (unpaired) electrons. The molecule has 1 aliphatic heterocycles. The second-order valence-electron chi connectivity index (χ2n) is 16.9. The zero-order valence-corrected chi connectivity index (χ0v) is 36.9. The van der Waals surface area contributed by atoms with Crippen LogP contribution in [-0.2, 0) is 14.3 Å². The van der Waals surface area contributed by atoms with Crippen molar-refractivity contribution in [3.05, 3.63) is 24.3 Å². The van der Waals surface area contributed by atoms with Gasteiger partial charge in [0.2, 0.25) is 5.91 Å². The van der Waals surface area contributed by atoms with Crippen LogP contribution in [0.3, 0.4) is 0 Å². The molecule has 7 unspecified atom stereocenters. The molecule has 0 aromatic carbocycles. The highest BCUT2D eigenvalue weighted by atomic mass is 16.7. The van der Waals surface area contributed by atoms with Crippen molar-refractivity contribution in [2.75, 3.05) is 13.2 Å². The second-order valence-corrected chi connectivity index (χ2v) is 16.9. The Hall–Kier alpha value is -1.33. The first-order valence-electron chi connectivity index (χ1n) is 24.1. The number of rotatable bonds is 40. The summed E-state index contributed by atoms with van der Waals surface area (Å²) in [7, 11) is 0. The number of unbranched alkanes of at least 4 members (excludes halogenated alkanes) is 28. The quantitative estimate of drug-likeness (QED) is 0.0265. The second kappa shape index (κ2) is 38.8. The number of ether oxygens (including phenoxy) is 2. The number of allylic oxidation sites excluding steroid dienone is 3. The lowest BCUT2D eigenvalue weighted by Crippen LogP contribution is -2.60. The molecule has 0 aromatic heterocycles. The highest BCUT2D eigenvalue weighted by molar-refractivity contribution is 5.76. The Balaban J connectivity index is 2.11. The van der Waals surface area contributed by atoms with Crippen molar-refractivity contribution in [1.29, 1.82) is 0 Å². The zero-order valence-electron chi connectivity index (χ0n) is 36.9. The number of aliphatic hydroxyl groups excluding tert-OH is 5. The van der Waals surface area contributed by atoms with E-state index in [2.05, 4.69) is 31.3 Å². The van der Waals surface area contributed by atoms with Gasteiger partial charge in [-0.3, -0.25) is 4.79 Å². The van der Waals surface area contributed by atoms with Crippen LogP contribution in [0.2, 0.25) is 0 Å². The van der Waals surface area contributed by atoms with E-state index in [1.807, 2.05) is 6.08 Å². The SMILES string of the molecule is CCC/C=C/CC/C=C/C(O)C(COC1OC(CO)C(O)C(O)C1O)NC(=O)CCCCCCCCCCCCCCCCCCCCCCCCCCCCC. The van der Waals surface area contributed by atoms with Gasteiger partial charge in [-0.2, -0.15) is 0 Å². The van der Waals surface area contributed by atoms with Gasteiger partial charge in [0, 0.05) is 6.42 Å². The van der Waals surface area contributed by atoms with Crippen molar-refractivity contribution in [2.45, 2.75) is 262 Å². The molecule has 0 saturated carbocycles. The van der Waals surface area contributed by atoms with Gasteiger partial charge in [0.15, 0.2) is 6.29 Å². The molecule has 1 rings (SSSR count). The molecule has 1 saturated heterocycles. The summed E-state index contributed by atoms with van der Waals surface area (Å²) in [4.78, 5) is 12.9. The molecule has 7 atom stereocenters. The Morgan fingerprint density at radius 3 is 1.44 bits per heavy atom. The lowest BCUT2D eigenvalue weighted by atomic mass is 9.99. The molecule has 9 nitrogen and oxygen atoms in total. The molecule has 6 N–H and O–H groups in total. The monoisotopic (exact) mass is 810 g/mol. The summed E-state index contributed by atoms with van der Waals surface area (Å²) in [5.74, 6) is -0.188. The largest absolute Gasteiger partial charge is 0.394 e. The van der Waals surface area contributed by atoms with Gasteiger partial charge in [-0.15, -0.1) is 0 Å². The van der Waals surface area contributed by atoms with Gasteiger partial charge < -0.3 is 40.3 Å². The van der Waals surface area contributed by atoms with E-state index in [0.29, 0.717) is 6.42 Å². The molecule has 57 heavy (non-hydrogen) atoms. The maximum atomic E-state index is 12.9. The van der Waals surface area contributed by atoms with Gasteiger partial charge in [-0.05, 0) is 25.7 Å². The molecule has 0 bridgehead atoms. The highest BCUT2D eigenvalue weighted by Crippen LogP contribution is 2.23. The zero-order chi connectivity index (χ0) is 41.6. The maximum Gasteiger partial charge on any atom is 0.220 e. The van der Waals surface area contributed by atoms with Crippen LogP contribution >= 0.6 is 0 Å². The number of nitrogens with one attached hydrogen (secondary N) is 1. The molecular formula is C48H91NO8. The van der Waals surface area contributed by atoms with E-state index in [1.165, 1.54) is 154 Å². The molecule has 336 valence electrons. The van der Waals surface area contributed by atoms with Gasteiger partial charge in [-0.1, -0.05) is 212 Å². The molecule has 9 heteroatoms. The summed E-state index contributed by atoms with van der Waals surface area (Å²) in [6, 6.07) is -0.814. The fourth-order valence-electron chi connectivity index (χ4n) is 7.65. The van der Waals surface area contributed by atoms with E-state index in [4.69, 9.17) is 9.47 Å². The van der Waals surface area contributed by atoms with Crippen molar-refractivity contribution in [3.8, 4) is 0 Å². The standard InChI is InChI=1S/C48H91NO8/c1-3-5-7-9-11-12-13-14-15-16-17-18-19-20-21-22-23-24-25-26-27-28-29-30-32-34-36-38-44(52)49-41(42(51)37-35-33-31-10-8-6-4-2)40-56-48-47(55)46(54)45(53)43(39-50)57-48/h8,10,35,37,41-43,45-48,50-51,53-55H,3-7,9,11-34,36,38-40H2,1-2H3,(H,49,52)/b10-8+,37-35+. The van der Waals surface area contributed by atoms with Crippen molar-refractivity contribution in [2.24, 2.45) is 0 Å². The van der Waals surface area contributed by atoms with Gasteiger partial charge in [0.25, 0.3) is 0 Å². The van der Waals surface area contributed by atoms with Crippen LogP contribution in [-0.4, -0.2) is 87.5 Å². The van der Waals surface area contributed by atoms with Gasteiger partial charge in [-0.25, -0.2) is 0 Å². The van der Waals surface area contributed by atoms with Crippen LogP contribution in [0.5, 0.6) is 0 Å². The van der Waals surface area contributed by atoms with Crippen molar-refractivity contribution in [1.82, 2.24) is 5.32 Å². The van der Waals surface area contributed by atoms with Gasteiger partial charge in [0.1, 0.15) is 24.4 Å². The first-order valence-corrected chi connectivity index (χ1v) is 24.1. The predicted molar refractivity (Wildman–Crippen MR) is 235 cm³/mol. The van der Waals surface area contributed by atoms with E-state index >= 15 is 0 Å². The normalized spacial score (nSPS) is 21.1. The Morgan fingerprint density at radius 1 is 0.579 bits per heavy atom. The Labute approximate surface area is 349 Å². The Bertz CT molecular complexity index is 945. The number of carbonyl (C=O) groups is 1. The van der Waals surface area contributed by atoms with Crippen molar-refractivity contribution >= 4 is 5.91 Å². The summed E-state index contributed by atoms with van der Waals surface area (Å²) in [5, 5.41) is 53.8. The molecule has 1 amide bonds. The van der Waals surface area contributed by atoms with Crippen LogP contribution in [0.1, 0.15) is 219 Å². The maximum absolute atomic E-state index is 12.9. The van der Waals surface area contributed by atoms with E-state index in [1.54, 1.807) is 6.08 Å². The summed E-state index contributed by atoms with van der Waals surface area (Å²) >= 11 is 0. The Kier molecular flexibility index (Phi) is 36.6. The third-order valence-corrected chi connectivity index (χ3v) is 11.5. The lowest BCUT2D eigenvalue weighted by molar-refractivity contribution is -0.302. The van der Waals surface area contributed by atoms with Crippen LogP contribution in [0.25, 0.3) is 0 Å². The average molecular weight is 810 g/mol. The minimum absolute atomic E-state index is 0.188. The number of aliphatic hydroxyl groups is 5. The minimum Gasteiger partial charge on any atom is -0.394 e. The van der Waals surface area contributed by atoms with Crippen molar-refractivity contribution < 1.29 is 39.8 Å². The molecular weight excluding hydrogens is 719 g/mol.